The highest BCUT2D eigenvalue weighted by molar-refractivity contribution is 5.18. The van der Waals surface area contributed by atoms with E-state index < -0.39 is 0 Å². The average Bonchev–Trinajstić information content (AvgIpc) is 2.78. The van der Waals surface area contributed by atoms with E-state index in [1.54, 1.807) is 0 Å². The van der Waals surface area contributed by atoms with Gasteiger partial charge >= 0.3 is 0 Å². The van der Waals surface area contributed by atoms with E-state index in [1.165, 1.54) is 19.3 Å². The van der Waals surface area contributed by atoms with E-state index in [4.69, 9.17) is 5.73 Å². The second-order valence-electron chi connectivity index (χ2n) is 6.16. The van der Waals surface area contributed by atoms with Gasteiger partial charge in [-0.3, -0.25) is 0 Å². The number of nitrogens with zero attached hydrogens (tertiary/aromatic N) is 2. The van der Waals surface area contributed by atoms with Crippen LogP contribution in [0.15, 0.2) is 12.4 Å². The lowest BCUT2D eigenvalue weighted by molar-refractivity contribution is 0.401. The van der Waals surface area contributed by atoms with Gasteiger partial charge in [-0.1, -0.05) is 0 Å². The molecule has 5 atom stereocenters. The summed E-state index contributed by atoms with van der Waals surface area (Å²) < 4.78 is 2.21. The number of aromatic nitrogens is 2. The molecule has 1 aromatic rings. The lowest BCUT2D eigenvalue weighted by Gasteiger charge is -2.16. The second-order valence-corrected chi connectivity index (χ2v) is 6.16. The first kappa shape index (κ1) is 10.1. The SMILES string of the molecule is CCn1ccnc1C(N)C1C2C3CCC(C3)C21. The molecule has 1 aromatic heterocycles. The third-order valence-corrected chi connectivity index (χ3v) is 5.60. The van der Waals surface area contributed by atoms with E-state index >= 15 is 0 Å². The molecule has 3 saturated carbocycles. The summed E-state index contributed by atoms with van der Waals surface area (Å²) in [7, 11) is 0. The van der Waals surface area contributed by atoms with Gasteiger partial charge in [0.1, 0.15) is 5.82 Å². The van der Waals surface area contributed by atoms with Crippen molar-refractivity contribution in [2.24, 2.45) is 35.3 Å². The van der Waals surface area contributed by atoms with Gasteiger partial charge in [-0.15, -0.1) is 0 Å². The molecular weight excluding hydrogens is 210 g/mol. The maximum atomic E-state index is 6.48. The predicted octanol–water partition coefficient (Wildman–Crippen LogP) is 2.19. The van der Waals surface area contributed by atoms with Gasteiger partial charge in [-0.25, -0.2) is 4.98 Å². The zero-order valence-corrected chi connectivity index (χ0v) is 10.4. The van der Waals surface area contributed by atoms with Crippen LogP contribution in [0, 0.1) is 29.6 Å². The van der Waals surface area contributed by atoms with Gasteiger partial charge < -0.3 is 10.3 Å². The van der Waals surface area contributed by atoms with Gasteiger partial charge in [0.25, 0.3) is 0 Å². The molecular formula is C14H21N3. The molecule has 0 saturated heterocycles. The first-order valence-electron chi connectivity index (χ1n) is 7.08. The van der Waals surface area contributed by atoms with Crippen LogP contribution in [-0.4, -0.2) is 9.55 Å². The van der Waals surface area contributed by atoms with Crippen molar-refractivity contribution >= 4 is 0 Å². The molecule has 3 aliphatic rings. The standard InChI is InChI=1S/C14H21N3/c1-2-17-6-5-16-14(17)13(15)12-10-8-3-4-9(7-8)11(10)12/h5-6,8-13H,2-4,7,15H2,1H3. The van der Waals surface area contributed by atoms with Crippen molar-refractivity contribution in [3.63, 3.8) is 0 Å². The summed E-state index contributed by atoms with van der Waals surface area (Å²) in [5.74, 6) is 5.77. The first-order valence-corrected chi connectivity index (χ1v) is 7.08. The van der Waals surface area contributed by atoms with Gasteiger partial charge in [-0.05, 0) is 55.8 Å². The highest BCUT2D eigenvalue weighted by Crippen LogP contribution is 2.71. The van der Waals surface area contributed by atoms with Crippen LogP contribution in [-0.2, 0) is 6.54 Å². The van der Waals surface area contributed by atoms with Gasteiger partial charge in [0, 0.05) is 18.9 Å². The zero-order chi connectivity index (χ0) is 11.6. The van der Waals surface area contributed by atoms with Crippen molar-refractivity contribution in [3.05, 3.63) is 18.2 Å². The fourth-order valence-electron chi connectivity index (χ4n) is 4.93. The van der Waals surface area contributed by atoms with Crippen molar-refractivity contribution in [1.29, 1.82) is 0 Å². The van der Waals surface area contributed by atoms with E-state index in [0.29, 0.717) is 0 Å². The molecule has 3 heteroatoms. The van der Waals surface area contributed by atoms with Crippen molar-refractivity contribution in [2.75, 3.05) is 0 Å². The zero-order valence-electron chi connectivity index (χ0n) is 10.4. The Hall–Kier alpha value is -0.830. The molecule has 2 bridgehead atoms. The van der Waals surface area contributed by atoms with Crippen LogP contribution in [0.4, 0.5) is 0 Å². The minimum absolute atomic E-state index is 0.184. The first-order chi connectivity index (χ1) is 8.31. The molecule has 3 nitrogen and oxygen atoms in total. The Morgan fingerprint density at radius 1 is 1.41 bits per heavy atom. The Kier molecular flexibility index (Phi) is 1.99. The normalized spacial score (nSPS) is 43.8. The van der Waals surface area contributed by atoms with Crippen LogP contribution >= 0.6 is 0 Å². The third-order valence-electron chi connectivity index (χ3n) is 5.60. The summed E-state index contributed by atoms with van der Waals surface area (Å²) >= 11 is 0. The highest BCUT2D eigenvalue weighted by atomic mass is 15.1. The molecule has 0 aromatic carbocycles. The van der Waals surface area contributed by atoms with Crippen LogP contribution in [0.25, 0.3) is 0 Å². The molecule has 92 valence electrons. The number of nitrogens with two attached hydrogens (primary N) is 1. The fraction of sp³-hybridized carbons (Fsp3) is 0.786. The third kappa shape index (κ3) is 1.23. The van der Waals surface area contributed by atoms with Crippen LogP contribution < -0.4 is 5.73 Å². The average molecular weight is 231 g/mol. The quantitative estimate of drug-likeness (QED) is 0.866. The number of fused-ring (bicyclic) bond motifs is 5. The molecule has 0 aliphatic heterocycles. The predicted molar refractivity (Wildman–Crippen MR) is 66.1 cm³/mol. The summed E-state index contributed by atoms with van der Waals surface area (Å²) in [4.78, 5) is 4.48. The molecule has 4 rings (SSSR count). The second kappa shape index (κ2) is 3.35. The van der Waals surface area contributed by atoms with E-state index in [2.05, 4.69) is 22.7 Å². The summed E-state index contributed by atoms with van der Waals surface area (Å²) in [5, 5.41) is 0. The number of aryl methyl sites for hydroxylation is 1. The Bertz CT molecular complexity index is 422. The lowest BCUT2D eigenvalue weighted by atomic mass is 9.97. The molecule has 0 radical (unpaired) electrons. The van der Waals surface area contributed by atoms with Gasteiger partial charge in [0.15, 0.2) is 0 Å². The van der Waals surface area contributed by atoms with E-state index in [1.807, 2.05) is 6.20 Å². The summed E-state index contributed by atoms with van der Waals surface area (Å²) in [5.41, 5.74) is 6.48. The Morgan fingerprint density at radius 2 is 2.12 bits per heavy atom. The van der Waals surface area contributed by atoms with Gasteiger partial charge in [-0.2, -0.15) is 0 Å². The van der Waals surface area contributed by atoms with Crippen molar-refractivity contribution in [3.8, 4) is 0 Å². The lowest BCUT2D eigenvalue weighted by Crippen LogP contribution is -2.21. The van der Waals surface area contributed by atoms with E-state index in [9.17, 15) is 0 Å². The molecule has 1 heterocycles. The molecule has 2 N–H and O–H groups in total. The van der Waals surface area contributed by atoms with Crippen molar-refractivity contribution in [2.45, 2.75) is 38.8 Å². The minimum Gasteiger partial charge on any atom is -0.334 e. The smallest absolute Gasteiger partial charge is 0.125 e. The van der Waals surface area contributed by atoms with Crippen LogP contribution in [0.5, 0.6) is 0 Å². The Morgan fingerprint density at radius 3 is 2.76 bits per heavy atom. The fourth-order valence-corrected chi connectivity index (χ4v) is 4.93. The molecule has 3 aliphatic carbocycles. The Balaban J connectivity index is 1.58. The number of rotatable bonds is 3. The number of imidazole rings is 1. The summed E-state index contributed by atoms with van der Waals surface area (Å²) in [6, 6.07) is 0.184. The van der Waals surface area contributed by atoms with Crippen LogP contribution in [0.2, 0.25) is 0 Å². The monoisotopic (exact) mass is 231 g/mol. The molecule has 3 fully saturated rings. The van der Waals surface area contributed by atoms with Crippen LogP contribution in [0.1, 0.15) is 38.1 Å². The summed E-state index contributed by atoms with van der Waals surface area (Å²) in [6.07, 6.45) is 8.39. The Labute approximate surface area is 102 Å². The number of hydrogen-bond acceptors (Lipinski definition) is 2. The highest BCUT2D eigenvalue weighted by Gasteiger charge is 2.66. The molecule has 0 spiro atoms. The maximum Gasteiger partial charge on any atom is 0.125 e. The van der Waals surface area contributed by atoms with Crippen molar-refractivity contribution < 1.29 is 0 Å². The minimum atomic E-state index is 0.184. The van der Waals surface area contributed by atoms with Crippen molar-refractivity contribution in [1.82, 2.24) is 9.55 Å². The van der Waals surface area contributed by atoms with E-state index in [-0.39, 0.29) is 6.04 Å². The van der Waals surface area contributed by atoms with Gasteiger partial charge in [0.05, 0.1) is 6.04 Å². The van der Waals surface area contributed by atoms with Crippen LogP contribution in [0.3, 0.4) is 0 Å². The maximum absolute atomic E-state index is 6.48. The summed E-state index contributed by atoms with van der Waals surface area (Å²) in [6.45, 7) is 3.15. The molecule has 17 heavy (non-hydrogen) atoms. The number of hydrogen-bond donors (Lipinski definition) is 1. The van der Waals surface area contributed by atoms with E-state index in [0.717, 1.165) is 42.0 Å². The molecule has 0 amide bonds. The molecule has 5 unspecified atom stereocenters. The van der Waals surface area contributed by atoms with Gasteiger partial charge in [0.2, 0.25) is 0 Å². The topological polar surface area (TPSA) is 43.8 Å². The largest absolute Gasteiger partial charge is 0.334 e.